The van der Waals surface area contributed by atoms with Crippen LogP contribution in [-0.2, 0) is 4.74 Å². The number of hydrogen-bond donors (Lipinski definition) is 0. The number of likely N-dealkylation sites (tertiary alicyclic amines) is 1. The number of hydrogen-bond acceptors (Lipinski definition) is 2. The second-order valence-electron chi connectivity index (χ2n) is 3.00. The van der Waals surface area contributed by atoms with Crippen LogP contribution in [0.15, 0.2) is 11.9 Å². The Morgan fingerprint density at radius 3 is 2.62 bits per heavy atom. The Balaban J connectivity index is 0.000000671. The summed E-state index contributed by atoms with van der Waals surface area (Å²) in [6.07, 6.45) is 1.52. The van der Waals surface area contributed by atoms with Crippen LogP contribution in [0.1, 0.15) is 20.3 Å². The molecule has 0 amide bonds. The zero-order chi connectivity index (χ0) is 10.3. The monoisotopic (exact) mass is 189 g/mol. The fourth-order valence-corrected chi connectivity index (χ4v) is 1.43. The first-order valence-electron chi connectivity index (χ1n) is 4.75. The highest BCUT2D eigenvalue weighted by molar-refractivity contribution is 5.09. The average Bonchev–Trinajstić information content (AvgIpc) is 2.52. The summed E-state index contributed by atoms with van der Waals surface area (Å²) in [6, 6.07) is 0.363. The minimum Gasteiger partial charge on any atom is -0.383 e. The summed E-state index contributed by atoms with van der Waals surface area (Å²) in [6.45, 7) is 5.43. The second kappa shape index (κ2) is 7.04. The zero-order valence-electron chi connectivity index (χ0n) is 9.01. The molecule has 1 aliphatic rings. The van der Waals surface area contributed by atoms with Gasteiger partial charge >= 0.3 is 0 Å². The van der Waals surface area contributed by atoms with E-state index in [0.717, 1.165) is 18.5 Å². The van der Waals surface area contributed by atoms with Crippen molar-refractivity contribution in [2.75, 3.05) is 27.3 Å². The predicted molar refractivity (Wildman–Crippen MR) is 53.5 cm³/mol. The molecular weight excluding hydrogens is 169 g/mol. The van der Waals surface area contributed by atoms with E-state index in [1.54, 1.807) is 7.11 Å². The van der Waals surface area contributed by atoms with Crippen molar-refractivity contribution in [2.24, 2.45) is 0 Å². The normalized spacial score (nSPS) is 25.9. The minimum atomic E-state index is 0.363. The molecule has 1 rings (SSSR count). The quantitative estimate of drug-likeness (QED) is 0.660. The van der Waals surface area contributed by atoms with E-state index in [9.17, 15) is 4.39 Å². The molecule has 0 aromatic rings. The summed E-state index contributed by atoms with van der Waals surface area (Å²) < 4.78 is 17.1. The van der Waals surface area contributed by atoms with Crippen LogP contribution < -0.4 is 0 Å². The molecule has 78 valence electrons. The van der Waals surface area contributed by atoms with E-state index >= 15 is 0 Å². The molecule has 3 heteroatoms. The fraction of sp³-hybridized carbons (Fsp3) is 0.800. The number of methoxy groups -OCH3 is 1. The smallest absolute Gasteiger partial charge is 0.0872 e. The summed E-state index contributed by atoms with van der Waals surface area (Å²) in [5, 5.41) is 0. The highest BCUT2D eigenvalue weighted by Gasteiger charge is 2.24. The lowest BCUT2D eigenvalue weighted by Crippen LogP contribution is -2.28. The summed E-state index contributed by atoms with van der Waals surface area (Å²) in [5.41, 5.74) is 0.870. The van der Waals surface area contributed by atoms with Crippen LogP contribution in [0, 0.1) is 0 Å². The van der Waals surface area contributed by atoms with Gasteiger partial charge in [-0.2, -0.15) is 0 Å². The lowest BCUT2D eigenvalue weighted by atomic mass is 10.2. The van der Waals surface area contributed by atoms with Crippen molar-refractivity contribution in [2.45, 2.75) is 26.3 Å². The minimum absolute atomic E-state index is 0.363. The van der Waals surface area contributed by atoms with Crippen LogP contribution in [0.4, 0.5) is 4.39 Å². The van der Waals surface area contributed by atoms with E-state index in [1.807, 2.05) is 20.9 Å². The Kier molecular flexibility index (Phi) is 6.82. The molecule has 0 saturated carbocycles. The third-order valence-electron chi connectivity index (χ3n) is 2.09. The lowest BCUT2D eigenvalue weighted by molar-refractivity contribution is 0.129. The molecule has 13 heavy (non-hydrogen) atoms. The number of halogens is 1. The third-order valence-corrected chi connectivity index (χ3v) is 2.09. The van der Waals surface area contributed by atoms with Crippen LogP contribution in [0.3, 0.4) is 0 Å². The molecule has 0 N–H and O–H groups in total. The molecule has 0 aliphatic carbocycles. The molecule has 1 fully saturated rings. The van der Waals surface area contributed by atoms with Crippen LogP contribution >= 0.6 is 0 Å². The van der Waals surface area contributed by atoms with Crippen molar-refractivity contribution in [1.29, 1.82) is 0 Å². The van der Waals surface area contributed by atoms with Crippen molar-refractivity contribution >= 4 is 0 Å². The number of rotatable bonds is 2. The molecule has 1 unspecified atom stereocenters. The SMILES string of the molecule is CC.COCC1C/C(=C\F)CN1C. The molecule has 2 nitrogen and oxygen atoms in total. The standard InChI is InChI=1S/C8H14FNO.C2H6/c1-10-5-7(4-9)3-8(10)6-11-2;1-2/h4,8H,3,5-6H2,1-2H3;1-2H3/b7-4+;. The molecule has 1 atom stereocenters. The summed E-state index contributed by atoms with van der Waals surface area (Å²) in [7, 11) is 3.66. The summed E-state index contributed by atoms with van der Waals surface area (Å²) >= 11 is 0. The highest BCUT2D eigenvalue weighted by atomic mass is 19.1. The van der Waals surface area contributed by atoms with Crippen LogP contribution in [0.25, 0.3) is 0 Å². The molecule has 1 aliphatic heterocycles. The third kappa shape index (κ3) is 3.87. The lowest BCUT2D eigenvalue weighted by Gasteiger charge is -2.16. The average molecular weight is 189 g/mol. The van der Waals surface area contributed by atoms with Crippen molar-refractivity contribution < 1.29 is 9.13 Å². The van der Waals surface area contributed by atoms with Crippen molar-refractivity contribution in [3.8, 4) is 0 Å². The Morgan fingerprint density at radius 1 is 1.62 bits per heavy atom. The van der Waals surface area contributed by atoms with Crippen molar-refractivity contribution in [1.82, 2.24) is 4.90 Å². The van der Waals surface area contributed by atoms with Gasteiger partial charge in [0, 0.05) is 19.7 Å². The Morgan fingerprint density at radius 2 is 2.23 bits per heavy atom. The predicted octanol–water partition coefficient (Wildman–Crippen LogP) is 2.22. The maximum Gasteiger partial charge on any atom is 0.0872 e. The summed E-state index contributed by atoms with van der Waals surface area (Å²) in [4.78, 5) is 2.11. The van der Waals surface area contributed by atoms with Gasteiger partial charge in [0.2, 0.25) is 0 Å². The van der Waals surface area contributed by atoms with Crippen LogP contribution in [0.5, 0.6) is 0 Å². The van der Waals surface area contributed by atoms with Crippen LogP contribution in [0.2, 0.25) is 0 Å². The Bertz CT molecular complexity index is 159. The van der Waals surface area contributed by atoms with E-state index in [4.69, 9.17) is 4.74 Å². The van der Waals surface area contributed by atoms with Gasteiger partial charge in [-0.15, -0.1) is 0 Å². The molecule has 0 aromatic carbocycles. The molecule has 1 heterocycles. The Labute approximate surface area is 80.4 Å². The van der Waals surface area contributed by atoms with E-state index in [0.29, 0.717) is 19.0 Å². The van der Waals surface area contributed by atoms with E-state index < -0.39 is 0 Å². The fourth-order valence-electron chi connectivity index (χ4n) is 1.43. The van der Waals surface area contributed by atoms with E-state index in [-0.39, 0.29) is 0 Å². The molecule has 1 saturated heterocycles. The van der Waals surface area contributed by atoms with Gasteiger partial charge in [0.1, 0.15) is 0 Å². The molecule has 0 aromatic heterocycles. The first kappa shape index (κ1) is 12.6. The van der Waals surface area contributed by atoms with Gasteiger partial charge in [-0.3, -0.25) is 4.90 Å². The number of likely N-dealkylation sites (N-methyl/N-ethyl adjacent to an activating group) is 1. The van der Waals surface area contributed by atoms with Crippen LogP contribution in [-0.4, -0.2) is 38.3 Å². The van der Waals surface area contributed by atoms with Gasteiger partial charge in [0.05, 0.1) is 12.9 Å². The first-order chi connectivity index (χ1) is 6.27. The number of nitrogens with zero attached hydrogens (tertiary/aromatic N) is 1. The Hall–Kier alpha value is -0.410. The molecule has 0 bridgehead atoms. The van der Waals surface area contributed by atoms with E-state index in [1.165, 1.54) is 0 Å². The van der Waals surface area contributed by atoms with Crippen molar-refractivity contribution in [3.63, 3.8) is 0 Å². The maximum atomic E-state index is 12.1. The second-order valence-corrected chi connectivity index (χ2v) is 3.00. The largest absolute Gasteiger partial charge is 0.383 e. The van der Waals surface area contributed by atoms with Gasteiger partial charge in [-0.05, 0) is 19.0 Å². The molecular formula is C10H20FNO. The summed E-state index contributed by atoms with van der Waals surface area (Å²) in [5.74, 6) is 0. The zero-order valence-corrected chi connectivity index (χ0v) is 9.01. The van der Waals surface area contributed by atoms with Gasteiger partial charge in [-0.1, -0.05) is 13.8 Å². The van der Waals surface area contributed by atoms with Gasteiger partial charge in [-0.25, -0.2) is 4.39 Å². The topological polar surface area (TPSA) is 12.5 Å². The maximum absolute atomic E-state index is 12.1. The molecule has 0 radical (unpaired) electrons. The molecule has 0 spiro atoms. The van der Waals surface area contributed by atoms with Gasteiger partial charge < -0.3 is 4.74 Å². The number of ether oxygens (including phenoxy) is 1. The van der Waals surface area contributed by atoms with Gasteiger partial charge in [0.15, 0.2) is 0 Å². The van der Waals surface area contributed by atoms with Crippen molar-refractivity contribution in [3.05, 3.63) is 11.9 Å². The highest BCUT2D eigenvalue weighted by Crippen LogP contribution is 2.20. The van der Waals surface area contributed by atoms with E-state index in [2.05, 4.69) is 4.90 Å². The first-order valence-corrected chi connectivity index (χ1v) is 4.75. The van der Waals surface area contributed by atoms with Gasteiger partial charge in [0.25, 0.3) is 0 Å².